The lowest BCUT2D eigenvalue weighted by Gasteiger charge is -1.95. The predicted octanol–water partition coefficient (Wildman–Crippen LogP) is -0.468. The van der Waals surface area contributed by atoms with E-state index in [1.165, 1.54) is 0 Å². The summed E-state index contributed by atoms with van der Waals surface area (Å²) in [7, 11) is 0. The summed E-state index contributed by atoms with van der Waals surface area (Å²) >= 11 is 0. The number of H-pyrrole nitrogens is 1. The summed E-state index contributed by atoms with van der Waals surface area (Å²) in [5, 5.41) is 8.40. The number of rotatable bonds is 0. The molecule has 0 aliphatic rings. The molecule has 5 heteroatoms. The molecule has 1 heterocycles. The average molecular weight is 150 g/mol. The van der Waals surface area contributed by atoms with Crippen LogP contribution >= 0.6 is 0 Å². The third-order valence-corrected chi connectivity index (χ3v) is 1.18. The molecule has 1 aromatic rings. The quantitative estimate of drug-likeness (QED) is 0.522. The Balaban J connectivity index is 3.53. The smallest absolute Gasteiger partial charge is 0.271 e. The second-order valence-electron chi connectivity index (χ2n) is 2.02. The first-order valence-electron chi connectivity index (χ1n) is 2.91. The summed E-state index contributed by atoms with van der Waals surface area (Å²) in [6.07, 6.45) is 0. The number of nitrogens with one attached hydrogen (secondary N) is 1. The molecule has 0 aliphatic heterocycles. The number of nitriles is 1. The number of anilines is 1. The van der Waals surface area contributed by atoms with Gasteiger partial charge in [-0.25, -0.2) is 4.98 Å². The van der Waals surface area contributed by atoms with Crippen molar-refractivity contribution in [2.75, 3.05) is 5.73 Å². The number of aryl methyl sites for hydroxylation is 1. The molecule has 0 fully saturated rings. The highest BCUT2D eigenvalue weighted by atomic mass is 16.1. The van der Waals surface area contributed by atoms with Gasteiger partial charge in [-0.2, -0.15) is 5.26 Å². The lowest BCUT2D eigenvalue weighted by Crippen LogP contribution is -2.16. The maximum absolute atomic E-state index is 10.9. The molecule has 11 heavy (non-hydrogen) atoms. The highest BCUT2D eigenvalue weighted by molar-refractivity contribution is 5.46. The molecule has 0 spiro atoms. The molecular formula is C6H6N4O. The van der Waals surface area contributed by atoms with Crippen molar-refractivity contribution in [1.29, 1.82) is 5.26 Å². The summed E-state index contributed by atoms with van der Waals surface area (Å²) in [5.41, 5.74) is 4.66. The largest absolute Gasteiger partial charge is 0.382 e. The topological polar surface area (TPSA) is 95.6 Å². The predicted molar refractivity (Wildman–Crippen MR) is 38.7 cm³/mol. The Morgan fingerprint density at radius 2 is 2.36 bits per heavy atom. The van der Waals surface area contributed by atoms with Gasteiger partial charge < -0.3 is 10.7 Å². The summed E-state index contributed by atoms with van der Waals surface area (Å²) in [4.78, 5) is 17.0. The number of nitrogens with two attached hydrogens (primary N) is 1. The molecule has 0 aliphatic carbocycles. The van der Waals surface area contributed by atoms with E-state index in [9.17, 15) is 4.79 Å². The lowest BCUT2D eigenvalue weighted by atomic mass is 10.3. The zero-order valence-corrected chi connectivity index (χ0v) is 5.88. The molecule has 1 rings (SSSR count). The second kappa shape index (κ2) is 2.42. The molecule has 56 valence electrons. The maximum atomic E-state index is 10.9. The van der Waals surface area contributed by atoms with Gasteiger partial charge in [0.15, 0.2) is 5.56 Å². The first-order valence-corrected chi connectivity index (χ1v) is 2.91. The van der Waals surface area contributed by atoms with Crippen LogP contribution in [0.15, 0.2) is 4.79 Å². The molecule has 0 amide bonds. The summed E-state index contributed by atoms with van der Waals surface area (Å²) in [6, 6.07) is 1.66. The number of hydrogen-bond donors (Lipinski definition) is 2. The molecule has 0 bridgehead atoms. The van der Waals surface area contributed by atoms with Crippen molar-refractivity contribution in [3.05, 3.63) is 21.7 Å². The Kier molecular flexibility index (Phi) is 1.60. The summed E-state index contributed by atoms with van der Waals surface area (Å²) < 4.78 is 0. The third-order valence-electron chi connectivity index (χ3n) is 1.18. The zero-order valence-electron chi connectivity index (χ0n) is 5.88. The van der Waals surface area contributed by atoms with Gasteiger partial charge in [0.05, 0.1) is 0 Å². The van der Waals surface area contributed by atoms with E-state index < -0.39 is 5.56 Å². The van der Waals surface area contributed by atoms with Gasteiger partial charge in [0.25, 0.3) is 5.56 Å². The first-order chi connectivity index (χ1) is 5.15. The van der Waals surface area contributed by atoms with Crippen LogP contribution in [0, 0.1) is 18.3 Å². The van der Waals surface area contributed by atoms with Crippen LogP contribution in [0.25, 0.3) is 0 Å². The van der Waals surface area contributed by atoms with Crippen LogP contribution in [0.4, 0.5) is 5.82 Å². The van der Waals surface area contributed by atoms with Crippen molar-refractivity contribution in [1.82, 2.24) is 9.97 Å². The second-order valence-corrected chi connectivity index (χ2v) is 2.02. The minimum atomic E-state index is -0.488. The van der Waals surface area contributed by atoms with Gasteiger partial charge in [0, 0.05) is 0 Å². The van der Waals surface area contributed by atoms with Gasteiger partial charge in [-0.3, -0.25) is 4.79 Å². The lowest BCUT2D eigenvalue weighted by molar-refractivity contribution is 1.02. The normalized spacial score (nSPS) is 9.09. The Morgan fingerprint density at radius 1 is 1.73 bits per heavy atom. The van der Waals surface area contributed by atoms with Gasteiger partial charge >= 0.3 is 0 Å². The van der Waals surface area contributed by atoms with Crippen LogP contribution in [0.3, 0.4) is 0 Å². The minimum absolute atomic E-state index is 0.0197. The van der Waals surface area contributed by atoms with E-state index >= 15 is 0 Å². The van der Waals surface area contributed by atoms with Crippen LogP contribution in [0.2, 0.25) is 0 Å². The van der Waals surface area contributed by atoms with E-state index in [4.69, 9.17) is 11.0 Å². The Morgan fingerprint density at radius 3 is 2.82 bits per heavy atom. The van der Waals surface area contributed by atoms with Crippen molar-refractivity contribution < 1.29 is 0 Å². The van der Waals surface area contributed by atoms with Crippen molar-refractivity contribution >= 4 is 5.82 Å². The molecule has 0 saturated heterocycles. The molecule has 5 nitrogen and oxygen atoms in total. The van der Waals surface area contributed by atoms with Gasteiger partial charge in [-0.1, -0.05) is 0 Å². The van der Waals surface area contributed by atoms with Crippen molar-refractivity contribution in [3.8, 4) is 6.07 Å². The number of aromatic nitrogens is 2. The fourth-order valence-electron chi connectivity index (χ4n) is 0.716. The van der Waals surface area contributed by atoms with Crippen molar-refractivity contribution in [2.24, 2.45) is 0 Å². The monoisotopic (exact) mass is 150 g/mol. The Hall–Kier alpha value is -1.83. The average Bonchev–Trinajstić information content (AvgIpc) is 1.85. The minimum Gasteiger partial charge on any atom is -0.382 e. The number of nitrogens with zero attached hydrogens (tertiary/aromatic N) is 2. The Labute approximate surface area is 62.5 Å². The van der Waals surface area contributed by atoms with E-state index in [0.29, 0.717) is 5.82 Å². The van der Waals surface area contributed by atoms with E-state index in [0.717, 1.165) is 0 Å². The zero-order chi connectivity index (χ0) is 8.43. The van der Waals surface area contributed by atoms with Gasteiger partial charge in [0.1, 0.15) is 17.7 Å². The molecular weight excluding hydrogens is 144 g/mol. The standard InChI is InChI=1S/C6H6N4O/c1-3-9-5(8)4(2-7)6(11)10-3/h1H3,(H3,8,9,10,11). The van der Waals surface area contributed by atoms with Gasteiger partial charge in [-0.05, 0) is 6.92 Å². The van der Waals surface area contributed by atoms with Gasteiger partial charge in [-0.15, -0.1) is 0 Å². The highest BCUT2D eigenvalue weighted by Gasteiger charge is 2.04. The molecule has 3 N–H and O–H groups in total. The van der Waals surface area contributed by atoms with Crippen LogP contribution in [0.1, 0.15) is 11.4 Å². The molecule has 0 saturated carbocycles. The van der Waals surface area contributed by atoms with Crippen molar-refractivity contribution in [2.45, 2.75) is 6.92 Å². The van der Waals surface area contributed by atoms with Crippen LogP contribution in [-0.2, 0) is 0 Å². The van der Waals surface area contributed by atoms with E-state index in [1.807, 2.05) is 0 Å². The van der Waals surface area contributed by atoms with Crippen LogP contribution < -0.4 is 11.3 Å². The molecule has 0 unspecified atom stereocenters. The number of hydrogen-bond acceptors (Lipinski definition) is 4. The van der Waals surface area contributed by atoms with Crippen molar-refractivity contribution in [3.63, 3.8) is 0 Å². The number of nitrogen functional groups attached to an aromatic ring is 1. The molecule has 0 atom stereocenters. The van der Waals surface area contributed by atoms with Gasteiger partial charge in [0.2, 0.25) is 0 Å². The SMILES string of the molecule is Cc1nc(N)c(C#N)c(=O)[nH]1. The summed E-state index contributed by atoms with van der Waals surface area (Å²) in [5.74, 6) is 0.389. The van der Waals surface area contributed by atoms with Crippen LogP contribution in [0.5, 0.6) is 0 Å². The molecule has 0 radical (unpaired) electrons. The van der Waals surface area contributed by atoms with Crippen LogP contribution in [-0.4, -0.2) is 9.97 Å². The summed E-state index contributed by atoms with van der Waals surface area (Å²) in [6.45, 7) is 1.60. The van der Waals surface area contributed by atoms with E-state index in [1.54, 1.807) is 13.0 Å². The molecule has 1 aromatic heterocycles. The Bertz CT molecular complexity index is 373. The molecule has 0 aromatic carbocycles. The van der Waals surface area contributed by atoms with E-state index in [-0.39, 0.29) is 11.4 Å². The third kappa shape index (κ3) is 1.19. The highest BCUT2D eigenvalue weighted by Crippen LogP contribution is 1.98. The number of aromatic amines is 1. The fraction of sp³-hybridized carbons (Fsp3) is 0.167. The fourth-order valence-corrected chi connectivity index (χ4v) is 0.716. The first kappa shape index (κ1) is 7.28. The maximum Gasteiger partial charge on any atom is 0.271 e. The van der Waals surface area contributed by atoms with E-state index in [2.05, 4.69) is 9.97 Å².